The molecule has 0 aliphatic rings. The van der Waals surface area contributed by atoms with Gasteiger partial charge in [-0.25, -0.2) is 4.68 Å². The molecule has 0 bridgehead atoms. The first kappa shape index (κ1) is 15.5. The van der Waals surface area contributed by atoms with Crippen molar-refractivity contribution in [2.75, 3.05) is 13.7 Å². The summed E-state index contributed by atoms with van der Waals surface area (Å²) in [5.41, 5.74) is 1.42. The Morgan fingerprint density at radius 1 is 1.41 bits per heavy atom. The molecule has 0 unspecified atom stereocenters. The molecule has 1 amide bonds. The van der Waals surface area contributed by atoms with Crippen molar-refractivity contribution in [3.05, 3.63) is 35.7 Å². The highest BCUT2D eigenvalue weighted by molar-refractivity contribution is 5.95. The molecule has 8 heteroatoms. The predicted molar refractivity (Wildman–Crippen MR) is 77.3 cm³/mol. The van der Waals surface area contributed by atoms with Gasteiger partial charge in [0.05, 0.1) is 18.5 Å². The van der Waals surface area contributed by atoms with Gasteiger partial charge in [-0.1, -0.05) is 18.2 Å². The minimum atomic E-state index is -1.12. The first-order valence-electron chi connectivity index (χ1n) is 6.65. The van der Waals surface area contributed by atoms with Crippen LogP contribution in [0.1, 0.15) is 23.1 Å². The molecule has 2 aromatic rings. The third-order valence-corrected chi connectivity index (χ3v) is 3.01. The molecule has 1 aromatic heterocycles. The molecule has 22 heavy (non-hydrogen) atoms. The number of carbonyl (C=O) groups excluding carboxylic acids is 1. The number of nitrogens with one attached hydrogen (secondary N) is 1. The Labute approximate surface area is 126 Å². The molecular weight excluding hydrogens is 288 g/mol. The van der Waals surface area contributed by atoms with Crippen LogP contribution in [0, 0.1) is 0 Å². The van der Waals surface area contributed by atoms with Crippen molar-refractivity contribution in [3.8, 4) is 11.4 Å². The van der Waals surface area contributed by atoms with E-state index in [-0.39, 0.29) is 5.69 Å². The van der Waals surface area contributed by atoms with E-state index in [0.717, 1.165) is 0 Å². The number of amides is 1. The molecule has 0 saturated carbocycles. The number of aromatic nitrogens is 3. The quantitative estimate of drug-likeness (QED) is 0.811. The average molecular weight is 304 g/mol. The maximum absolute atomic E-state index is 12.0. The van der Waals surface area contributed by atoms with Crippen LogP contribution >= 0.6 is 0 Å². The summed E-state index contributed by atoms with van der Waals surface area (Å²) in [7, 11) is 1.56. The summed E-state index contributed by atoms with van der Waals surface area (Å²) >= 11 is 0. The Morgan fingerprint density at radius 2 is 2.18 bits per heavy atom. The van der Waals surface area contributed by atoms with Gasteiger partial charge in [-0.15, -0.1) is 5.10 Å². The highest BCUT2D eigenvalue weighted by Gasteiger charge is 2.19. The molecule has 0 atom stereocenters. The van der Waals surface area contributed by atoms with Gasteiger partial charge in [0.25, 0.3) is 5.91 Å². The third kappa shape index (κ3) is 3.22. The van der Waals surface area contributed by atoms with Crippen molar-refractivity contribution in [1.29, 1.82) is 0 Å². The van der Waals surface area contributed by atoms with E-state index in [2.05, 4.69) is 15.6 Å². The van der Waals surface area contributed by atoms with Gasteiger partial charge >= 0.3 is 5.97 Å². The second kappa shape index (κ2) is 6.70. The minimum absolute atomic E-state index is 0.117. The second-order valence-corrected chi connectivity index (χ2v) is 4.43. The van der Waals surface area contributed by atoms with Crippen LogP contribution in [0.2, 0.25) is 0 Å². The number of rotatable bonds is 6. The molecule has 1 heterocycles. The fourth-order valence-corrected chi connectivity index (χ4v) is 1.98. The van der Waals surface area contributed by atoms with Gasteiger partial charge in [0, 0.05) is 6.07 Å². The second-order valence-electron chi connectivity index (χ2n) is 4.43. The van der Waals surface area contributed by atoms with Gasteiger partial charge < -0.3 is 15.2 Å². The summed E-state index contributed by atoms with van der Waals surface area (Å²) in [5, 5.41) is 18.7. The molecule has 0 spiro atoms. The fourth-order valence-electron chi connectivity index (χ4n) is 1.98. The third-order valence-electron chi connectivity index (χ3n) is 3.01. The molecule has 116 valence electrons. The maximum Gasteiger partial charge on any atom is 0.322 e. The lowest BCUT2D eigenvalue weighted by Crippen LogP contribution is -2.30. The molecule has 2 rings (SSSR count). The predicted octanol–water partition coefficient (Wildman–Crippen LogP) is 0.653. The van der Waals surface area contributed by atoms with Crippen LogP contribution in [0.5, 0.6) is 5.75 Å². The number of ether oxygens (including phenoxy) is 1. The number of carboxylic acid groups (broad SMARTS) is 1. The number of benzene rings is 1. The van der Waals surface area contributed by atoms with E-state index in [1.165, 1.54) is 4.68 Å². The number of hydrogen-bond donors (Lipinski definition) is 2. The first-order valence-corrected chi connectivity index (χ1v) is 6.65. The van der Waals surface area contributed by atoms with Gasteiger partial charge in [0.2, 0.25) is 0 Å². The number of aliphatic carboxylic acids is 1. The number of methoxy groups -OCH3 is 1. The normalized spacial score (nSPS) is 10.3. The summed E-state index contributed by atoms with van der Waals surface area (Å²) in [4.78, 5) is 22.5. The number of nitrogens with zero attached hydrogens (tertiary/aromatic N) is 3. The molecule has 1 aromatic carbocycles. The van der Waals surface area contributed by atoms with Crippen LogP contribution in [0.15, 0.2) is 24.3 Å². The number of carboxylic acids is 1. The Hall–Kier alpha value is -2.90. The van der Waals surface area contributed by atoms with Gasteiger partial charge in [-0.3, -0.25) is 9.59 Å². The molecule has 8 nitrogen and oxygen atoms in total. The van der Waals surface area contributed by atoms with Gasteiger partial charge in [0.1, 0.15) is 12.3 Å². The summed E-state index contributed by atoms with van der Waals surface area (Å²) in [6, 6.07) is 7.19. The minimum Gasteiger partial charge on any atom is -0.497 e. The fraction of sp³-hybridized carbons (Fsp3) is 0.286. The molecular formula is C14H16N4O4. The summed E-state index contributed by atoms with van der Waals surface area (Å²) in [5.74, 6) is -1.02. The van der Waals surface area contributed by atoms with Crippen molar-refractivity contribution in [2.45, 2.75) is 13.3 Å². The van der Waals surface area contributed by atoms with Crippen molar-refractivity contribution in [3.63, 3.8) is 0 Å². The summed E-state index contributed by atoms with van der Waals surface area (Å²) < 4.78 is 6.70. The van der Waals surface area contributed by atoms with Crippen molar-refractivity contribution >= 4 is 11.9 Å². The zero-order valence-electron chi connectivity index (χ0n) is 12.2. The van der Waals surface area contributed by atoms with Crippen LogP contribution in [0.4, 0.5) is 0 Å². The van der Waals surface area contributed by atoms with E-state index >= 15 is 0 Å². The number of carbonyl (C=O) groups is 2. The Kier molecular flexibility index (Phi) is 4.72. The SMILES string of the molecule is CCc1c(C(=O)NCC(=O)O)nnn1-c1cccc(OC)c1. The Balaban J connectivity index is 2.34. The molecule has 0 saturated heterocycles. The zero-order valence-corrected chi connectivity index (χ0v) is 12.2. The standard InChI is InChI=1S/C14H16N4O4/c1-3-11-13(14(21)15-8-12(19)20)16-17-18(11)9-5-4-6-10(7-9)22-2/h4-7H,3,8H2,1-2H3,(H,15,21)(H,19,20). The van der Waals surface area contributed by atoms with E-state index in [9.17, 15) is 9.59 Å². The average Bonchev–Trinajstić information content (AvgIpc) is 2.96. The van der Waals surface area contributed by atoms with Crippen LogP contribution in [-0.4, -0.2) is 45.6 Å². The molecule has 2 N–H and O–H groups in total. The zero-order chi connectivity index (χ0) is 16.1. The van der Waals surface area contributed by atoms with Gasteiger partial charge in [-0.05, 0) is 18.6 Å². The molecule has 0 aliphatic carbocycles. The topological polar surface area (TPSA) is 106 Å². The monoisotopic (exact) mass is 304 g/mol. The molecule has 0 radical (unpaired) electrons. The maximum atomic E-state index is 12.0. The van der Waals surface area contributed by atoms with Crippen LogP contribution < -0.4 is 10.1 Å². The molecule has 0 fully saturated rings. The van der Waals surface area contributed by atoms with E-state index < -0.39 is 18.4 Å². The van der Waals surface area contributed by atoms with Crippen molar-refractivity contribution in [2.24, 2.45) is 0 Å². The van der Waals surface area contributed by atoms with Crippen molar-refractivity contribution < 1.29 is 19.4 Å². The van der Waals surface area contributed by atoms with Crippen LogP contribution in [0.25, 0.3) is 5.69 Å². The Bertz CT molecular complexity index is 696. The summed E-state index contributed by atoms with van der Waals surface area (Å²) in [6.45, 7) is 1.40. The summed E-state index contributed by atoms with van der Waals surface area (Å²) in [6.07, 6.45) is 0.514. The highest BCUT2D eigenvalue weighted by Crippen LogP contribution is 2.18. The van der Waals surface area contributed by atoms with Crippen molar-refractivity contribution in [1.82, 2.24) is 20.3 Å². The first-order chi connectivity index (χ1) is 10.6. The van der Waals surface area contributed by atoms with E-state index in [0.29, 0.717) is 23.6 Å². The lowest BCUT2D eigenvalue weighted by molar-refractivity contribution is -0.135. The van der Waals surface area contributed by atoms with Gasteiger partial charge in [0.15, 0.2) is 5.69 Å². The van der Waals surface area contributed by atoms with E-state index in [4.69, 9.17) is 9.84 Å². The Morgan fingerprint density at radius 3 is 2.82 bits per heavy atom. The highest BCUT2D eigenvalue weighted by atomic mass is 16.5. The van der Waals surface area contributed by atoms with Crippen LogP contribution in [0.3, 0.4) is 0 Å². The lowest BCUT2D eigenvalue weighted by Gasteiger charge is -2.07. The smallest absolute Gasteiger partial charge is 0.322 e. The lowest BCUT2D eigenvalue weighted by atomic mass is 10.2. The van der Waals surface area contributed by atoms with Crippen LogP contribution in [-0.2, 0) is 11.2 Å². The van der Waals surface area contributed by atoms with E-state index in [1.807, 2.05) is 13.0 Å². The number of hydrogen-bond acceptors (Lipinski definition) is 5. The largest absolute Gasteiger partial charge is 0.497 e. The van der Waals surface area contributed by atoms with Gasteiger partial charge in [-0.2, -0.15) is 0 Å². The molecule has 0 aliphatic heterocycles. The van der Waals surface area contributed by atoms with E-state index in [1.54, 1.807) is 25.3 Å².